The van der Waals surface area contributed by atoms with Gasteiger partial charge >= 0.3 is 5.97 Å². The van der Waals surface area contributed by atoms with E-state index in [0.29, 0.717) is 0 Å². The smallest absolute Gasteiger partial charge is 0.336 e. The molecule has 0 radical (unpaired) electrons. The van der Waals surface area contributed by atoms with E-state index >= 15 is 0 Å². The molecule has 1 amide bonds. The average Bonchev–Trinajstić information content (AvgIpc) is 2.48. The number of hydrogen-bond donors (Lipinski definition) is 1. The molecule has 0 aromatic heterocycles. The summed E-state index contributed by atoms with van der Waals surface area (Å²) in [6, 6.07) is 0. The topological polar surface area (TPSA) is 85.3 Å². The van der Waals surface area contributed by atoms with E-state index in [-0.39, 0.29) is 25.5 Å². The van der Waals surface area contributed by atoms with E-state index in [1.165, 1.54) is 7.11 Å². The fourth-order valence-electron chi connectivity index (χ4n) is 1.63. The Bertz CT molecular complexity index is 338. The van der Waals surface area contributed by atoms with E-state index in [9.17, 15) is 14.7 Å². The van der Waals surface area contributed by atoms with Gasteiger partial charge in [0.1, 0.15) is 0 Å². The minimum atomic E-state index is -1.42. The van der Waals surface area contributed by atoms with Crippen LogP contribution in [-0.2, 0) is 23.8 Å². The molecule has 1 saturated heterocycles. The van der Waals surface area contributed by atoms with Crippen molar-refractivity contribution in [1.82, 2.24) is 4.90 Å². The minimum Gasteiger partial charge on any atom is -0.467 e. The molecule has 0 bridgehead atoms. The van der Waals surface area contributed by atoms with Gasteiger partial charge in [-0.15, -0.1) is 0 Å². The third-order valence-corrected chi connectivity index (χ3v) is 2.51. The van der Waals surface area contributed by atoms with E-state index in [4.69, 9.17) is 9.47 Å². The summed E-state index contributed by atoms with van der Waals surface area (Å²) < 4.78 is 15.1. The third kappa shape index (κ3) is 4.77. The van der Waals surface area contributed by atoms with Gasteiger partial charge in [-0.05, 0) is 20.8 Å². The van der Waals surface area contributed by atoms with Crippen molar-refractivity contribution in [3.8, 4) is 0 Å². The van der Waals surface area contributed by atoms with Crippen molar-refractivity contribution in [2.45, 2.75) is 45.3 Å². The second-order valence-corrected chi connectivity index (χ2v) is 5.24. The Labute approximate surface area is 112 Å². The number of aliphatic hydroxyl groups excluding tert-OH is 1. The summed E-state index contributed by atoms with van der Waals surface area (Å²) in [5, 5.41) is 9.95. The summed E-state index contributed by atoms with van der Waals surface area (Å²) in [4.78, 5) is 24.4. The van der Waals surface area contributed by atoms with E-state index in [0.717, 1.165) is 4.90 Å². The SMILES string of the molecule is COC(=O)[C@@H]1CN(C(O)OC(C)(C)C)C(=O)CCO1. The summed E-state index contributed by atoms with van der Waals surface area (Å²) in [6.07, 6.45) is -2.24. The molecule has 1 aliphatic heterocycles. The molecule has 0 saturated carbocycles. The predicted octanol–water partition coefficient (Wildman–Crippen LogP) is -0.132. The van der Waals surface area contributed by atoms with Crippen LogP contribution >= 0.6 is 0 Å². The van der Waals surface area contributed by atoms with Crippen LogP contribution < -0.4 is 0 Å². The molecule has 1 rings (SSSR count). The molecule has 110 valence electrons. The number of nitrogens with zero attached hydrogens (tertiary/aromatic N) is 1. The first-order chi connectivity index (χ1) is 8.74. The van der Waals surface area contributed by atoms with Crippen molar-refractivity contribution >= 4 is 11.9 Å². The highest BCUT2D eigenvalue weighted by molar-refractivity contribution is 5.80. The lowest BCUT2D eigenvalue weighted by atomic mass is 10.2. The highest BCUT2D eigenvalue weighted by Crippen LogP contribution is 2.16. The van der Waals surface area contributed by atoms with E-state index in [1.54, 1.807) is 20.8 Å². The first kappa shape index (κ1) is 15.9. The number of hydrogen-bond acceptors (Lipinski definition) is 6. The maximum Gasteiger partial charge on any atom is 0.336 e. The molecular formula is C12H21NO6. The van der Waals surface area contributed by atoms with Gasteiger partial charge in [-0.2, -0.15) is 0 Å². The number of carbonyl (C=O) groups is 2. The van der Waals surface area contributed by atoms with Crippen LogP contribution in [0.2, 0.25) is 0 Å². The largest absolute Gasteiger partial charge is 0.467 e. The van der Waals surface area contributed by atoms with Crippen LogP contribution in [0, 0.1) is 0 Å². The standard InChI is InChI=1S/C12H21NO6/c1-12(2,3)19-11(16)13-7-8(10(15)17-4)18-6-5-9(13)14/h8,11,16H,5-7H2,1-4H3/t8-,11?/m0/s1. The van der Waals surface area contributed by atoms with Crippen molar-refractivity contribution in [3.63, 3.8) is 0 Å². The van der Waals surface area contributed by atoms with Crippen LogP contribution in [-0.4, -0.2) is 60.3 Å². The minimum absolute atomic E-state index is 0.0814. The Hall–Kier alpha value is -1.18. The van der Waals surface area contributed by atoms with Gasteiger partial charge in [0.2, 0.25) is 12.3 Å². The Morgan fingerprint density at radius 2 is 2.16 bits per heavy atom. The Kier molecular flexibility index (Phi) is 5.28. The lowest BCUT2D eigenvalue weighted by Gasteiger charge is -2.32. The fourth-order valence-corrected chi connectivity index (χ4v) is 1.63. The van der Waals surface area contributed by atoms with Gasteiger partial charge in [0, 0.05) is 0 Å². The Morgan fingerprint density at radius 3 is 2.68 bits per heavy atom. The second-order valence-electron chi connectivity index (χ2n) is 5.24. The van der Waals surface area contributed by atoms with E-state index < -0.39 is 24.1 Å². The Morgan fingerprint density at radius 1 is 1.53 bits per heavy atom. The molecule has 0 aliphatic carbocycles. The highest BCUT2D eigenvalue weighted by Gasteiger charge is 2.34. The lowest BCUT2D eigenvalue weighted by molar-refractivity contribution is -0.237. The van der Waals surface area contributed by atoms with Gasteiger partial charge in [-0.25, -0.2) is 4.79 Å². The van der Waals surface area contributed by atoms with Crippen molar-refractivity contribution in [2.75, 3.05) is 20.3 Å². The molecule has 1 N–H and O–H groups in total. The molecule has 19 heavy (non-hydrogen) atoms. The van der Waals surface area contributed by atoms with Crippen molar-refractivity contribution in [2.24, 2.45) is 0 Å². The lowest BCUT2D eigenvalue weighted by Crippen LogP contribution is -2.48. The highest BCUT2D eigenvalue weighted by atomic mass is 16.6. The van der Waals surface area contributed by atoms with Gasteiger partial charge in [-0.1, -0.05) is 0 Å². The monoisotopic (exact) mass is 275 g/mol. The summed E-state index contributed by atoms with van der Waals surface area (Å²) in [7, 11) is 1.24. The number of aliphatic hydroxyl groups is 1. The van der Waals surface area contributed by atoms with Gasteiger partial charge in [-0.3, -0.25) is 9.69 Å². The molecule has 7 nitrogen and oxygen atoms in total. The zero-order chi connectivity index (χ0) is 14.6. The summed E-state index contributed by atoms with van der Waals surface area (Å²) in [6.45, 7) is 5.28. The van der Waals surface area contributed by atoms with Gasteiger partial charge < -0.3 is 19.3 Å². The van der Waals surface area contributed by atoms with Gasteiger partial charge in [0.05, 0.1) is 32.3 Å². The van der Waals surface area contributed by atoms with Crippen LogP contribution in [0.15, 0.2) is 0 Å². The van der Waals surface area contributed by atoms with Crippen molar-refractivity contribution in [3.05, 3.63) is 0 Å². The molecule has 2 atom stereocenters. The van der Waals surface area contributed by atoms with Crippen LogP contribution in [0.25, 0.3) is 0 Å². The van der Waals surface area contributed by atoms with Crippen LogP contribution in [0.5, 0.6) is 0 Å². The number of rotatable bonds is 3. The van der Waals surface area contributed by atoms with Crippen LogP contribution in [0.1, 0.15) is 27.2 Å². The zero-order valence-corrected chi connectivity index (χ0v) is 11.7. The van der Waals surface area contributed by atoms with E-state index in [2.05, 4.69) is 4.74 Å². The first-order valence-electron chi connectivity index (χ1n) is 6.09. The number of amides is 1. The number of carbonyl (C=O) groups excluding carboxylic acids is 2. The first-order valence-corrected chi connectivity index (χ1v) is 6.09. The normalized spacial score (nSPS) is 22.9. The predicted molar refractivity (Wildman–Crippen MR) is 64.9 cm³/mol. The van der Waals surface area contributed by atoms with Crippen molar-refractivity contribution < 1.29 is 28.9 Å². The molecule has 1 fully saturated rings. The number of methoxy groups -OCH3 is 1. The zero-order valence-electron chi connectivity index (χ0n) is 11.7. The summed E-state index contributed by atoms with van der Waals surface area (Å²) in [5.74, 6) is -0.911. The van der Waals surface area contributed by atoms with Crippen LogP contribution in [0.3, 0.4) is 0 Å². The quantitative estimate of drug-likeness (QED) is 0.570. The van der Waals surface area contributed by atoms with E-state index in [1.807, 2.05) is 0 Å². The number of esters is 1. The fraction of sp³-hybridized carbons (Fsp3) is 0.833. The molecule has 7 heteroatoms. The maximum absolute atomic E-state index is 11.9. The number of ether oxygens (including phenoxy) is 3. The van der Waals surface area contributed by atoms with Gasteiger partial charge in [0.15, 0.2) is 6.10 Å². The molecule has 1 aliphatic rings. The molecule has 1 heterocycles. The molecule has 0 aromatic carbocycles. The molecule has 1 unspecified atom stereocenters. The maximum atomic E-state index is 11.9. The molecule has 0 spiro atoms. The Balaban J connectivity index is 2.77. The van der Waals surface area contributed by atoms with Gasteiger partial charge in [0.25, 0.3) is 0 Å². The average molecular weight is 275 g/mol. The summed E-state index contributed by atoms with van der Waals surface area (Å²) >= 11 is 0. The van der Waals surface area contributed by atoms with Crippen LogP contribution in [0.4, 0.5) is 0 Å². The van der Waals surface area contributed by atoms with Crippen molar-refractivity contribution in [1.29, 1.82) is 0 Å². The molecular weight excluding hydrogens is 254 g/mol. The molecule has 0 aromatic rings. The summed E-state index contributed by atoms with van der Waals surface area (Å²) in [5.41, 5.74) is -0.617. The third-order valence-electron chi connectivity index (χ3n) is 2.51. The second kappa shape index (κ2) is 6.31.